The fourth-order valence-corrected chi connectivity index (χ4v) is 3.63. The number of anilines is 3. The number of nitriles is 1. The average Bonchev–Trinajstić information content (AvgIpc) is 2.70. The van der Waals surface area contributed by atoms with E-state index < -0.39 is 10.0 Å². The predicted octanol–water partition coefficient (Wildman–Crippen LogP) is 3.81. The van der Waals surface area contributed by atoms with Crippen LogP contribution >= 0.6 is 0 Å². The fraction of sp³-hybridized carbons (Fsp3) is 0.100. The first-order valence-corrected chi connectivity index (χ1v) is 9.80. The van der Waals surface area contributed by atoms with Gasteiger partial charge in [-0.3, -0.25) is 4.72 Å². The van der Waals surface area contributed by atoms with Crippen molar-refractivity contribution in [3.05, 3.63) is 71.9 Å². The van der Waals surface area contributed by atoms with Crippen LogP contribution in [0.15, 0.2) is 65.7 Å². The van der Waals surface area contributed by atoms with Gasteiger partial charge in [0, 0.05) is 5.69 Å². The van der Waals surface area contributed by atoms with Crippen molar-refractivity contribution in [2.45, 2.75) is 11.8 Å². The van der Waals surface area contributed by atoms with Crippen LogP contribution in [0.3, 0.4) is 0 Å². The number of sulfonamides is 1. The summed E-state index contributed by atoms with van der Waals surface area (Å²) in [6.07, 6.45) is 1.52. The fourth-order valence-electron chi connectivity index (χ4n) is 2.54. The maximum Gasteiger partial charge on any atom is 0.263 e. The van der Waals surface area contributed by atoms with E-state index in [4.69, 9.17) is 10.00 Å². The number of benzene rings is 2. The zero-order chi connectivity index (χ0) is 20.1. The molecule has 1 heterocycles. The summed E-state index contributed by atoms with van der Waals surface area (Å²) in [5, 5.41) is 12.0. The van der Waals surface area contributed by atoms with Gasteiger partial charge in [-0.15, -0.1) is 0 Å². The smallest absolute Gasteiger partial charge is 0.263 e. The number of methoxy groups -OCH3 is 1. The minimum Gasteiger partial charge on any atom is -0.496 e. The summed E-state index contributed by atoms with van der Waals surface area (Å²) in [5.74, 6) is 0.828. The van der Waals surface area contributed by atoms with Crippen molar-refractivity contribution < 1.29 is 13.2 Å². The third-order valence-corrected chi connectivity index (χ3v) is 5.33. The molecular weight excluding hydrogens is 376 g/mol. The van der Waals surface area contributed by atoms with Crippen LogP contribution in [0.4, 0.5) is 17.2 Å². The Morgan fingerprint density at radius 3 is 2.32 bits per heavy atom. The number of pyridine rings is 1. The number of nitrogens with zero attached hydrogens (tertiary/aromatic N) is 2. The highest BCUT2D eigenvalue weighted by molar-refractivity contribution is 7.92. The molecule has 0 unspecified atom stereocenters. The van der Waals surface area contributed by atoms with Crippen LogP contribution in [0.1, 0.15) is 11.1 Å². The molecule has 0 spiro atoms. The molecule has 0 aliphatic heterocycles. The van der Waals surface area contributed by atoms with Gasteiger partial charge in [0.2, 0.25) is 0 Å². The molecule has 0 aliphatic carbocycles. The SMILES string of the molecule is COc1ccc(S(=O)(=O)Nc2ccc(Nc3ccc(C#N)cc3)cn2)cc1C. The molecule has 2 N–H and O–H groups in total. The molecule has 7 nitrogen and oxygen atoms in total. The van der Waals surface area contributed by atoms with E-state index >= 15 is 0 Å². The molecule has 8 heteroatoms. The molecule has 28 heavy (non-hydrogen) atoms. The summed E-state index contributed by atoms with van der Waals surface area (Å²) in [7, 11) is -2.23. The number of aryl methyl sites for hydroxylation is 1. The summed E-state index contributed by atoms with van der Waals surface area (Å²) in [6.45, 7) is 1.78. The second-order valence-electron chi connectivity index (χ2n) is 5.98. The van der Waals surface area contributed by atoms with Crippen molar-refractivity contribution in [2.24, 2.45) is 0 Å². The third-order valence-electron chi connectivity index (χ3n) is 3.98. The third kappa shape index (κ3) is 4.39. The highest BCUT2D eigenvalue weighted by atomic mass is 32.2. The number of nitrogens with one attached hydrogen (secondary N) is 2. The lowest BCUT2D eigenvalue weighted by molar-refractivity contribution is 0.411. The van der Waals surface area contributed by atoms with E-state index in [-0.39, 0.29) is 10.7 Å². The zero-order valence-corrected chi connectivity index (χ0v) is 16.1. The maximum absolute atomic E-state index is 12.6. The molecule has 0 fully saturated rings. The van der Waals surface area contributed by atoms with E-state index in [9.17, 15) is 8.42 Å². The normalized spacial score (nSPS) is 10.8. The van der Waals surface area contributed by atoms with Crippen LogP contribution in [0.5, 0.6) is 5.75 Å². The Hall–Kier alpha value is -3.57. The first-order valence-electron chi connectivity index (χ1n) is 8.32. The van der Waals surface area contributed by atoms with Crippen molar-refractivity contribution in [2.75, 3.05) is 17.1 Å². The van der Waals surface area contributed by atoms with E-state index in [1.165, 1.54) is 19.4 Å². The average molecular weight is 394 g/mol. The monoisotopic (exact) mass is 394 g/mol. The molecular formula is C20H18N4O3S. The number of rotatable bonds is 6. The Kier molecular flexibility index (Phi) is 5.47. The summed E-state index contributed by atoms with van der Waals surface area (Å²) >= 11 is 0. The van der Waals surface area contributed by atoms with Gasteiger partial charge in [-0.2, -0.15) is 5.26 Å². The molecule has 0 radical (unpaired) electrons. The van der Waals surface area contributed by atoms with Gasteiger partial charge < -0.3 is 10.1 Å². The molecule has 0 saturated heterocycles. The quantitative estimate of drug-likeness (QED) is 0.659. The van der Waals surface area contributed by atoms with Gasteiger partial charge in [-0.1, -0.05) is 0 Å². The lowest BCUT2D eigenvalue weighted by Gasteiger charge is -2.11. The topological polar surface area (TPSA) is 104 Å². The Bertz CT molecular complexity index is 1120. The molecule has 0 amide bonds. The highest BCUT2D eigenvalue weighted by Crippen LogP contribution is 2.23. The van der Waals surface area contributed by atoms with E-state index in [1.54, 1.807) is 55.5 Å². The van der Waals surface area contributed by atoms with E-state index in [1.807, 2.05) is 0 Å². The van der Waals surface area contributed by atoms with Crippen LogP contribution in [-0.4, -0.2) is 20.5 Å². The zero-order valence-electron chi connectivity index (χ0n) is 15.3. The van der Waals surface area contributed by atoms with Gasteiger partial charge in [0.1, 0.15) is 11.6 Å². The number of hydrogen-bond acceptors (Lipinski definition) is 6. The number of ether oxygens (including phenoxy) is 1. The van der Waals surface area contributed by atoms with Crippen LogP contribution in [0, 0.1) is 18.3 Å². The molecule has 3 rings (SSSR count). The van der Waals surface area contributed by atoms with Crippen molar-refractivity contribution in [1.29, 1.82) is 5.26 Å². The summed E-state index contributed by atoms with van der Waals surface area (Å²) in [5.41, 5.74) is 2.78. The minimum atomic E-state index is -3.76. The molecule has 1 aromatic heterocycles. The molecule has 0 atom stereocenters. The van der Waals surface area contributed by atoms with Crippen molar-refractivity contribution in [1.82, 2.24) is 4.98 Å². The van der Waals surface area contributed by atoms with E-state index in [2.05, 4.69) is 21.1 Å². The summed E-state index contributed by atoms with van der Waals surface area (Å²) in [4.78, 5) is 4.28. The lowest BCUT2D eigenvalue weighted by Crippen LogP contribution is -2.14. The second kappa shape index (κ2) is 7.98. The maximum atomic E-state index is 12.6. The Balaban J connectivity index is 1.72. The van der Waals surface area contributed by atoms with Gasteiger partial charge >= 0.3 is 0 Å². The molecule has 0 saturated carbocycles. The number of aromatic nitrogens is 1. The van der Waals surface area contributed by atoms with Gasteiger partial charge in [0.15, 0.2) is 0 Å². The summed E-state index contributed by atoms with van der Waals surface area (Å²) < 4.78 is 32.7. The molecule has 3 aromatic rings. The first kappa shape index (κ1) is 19.2. The first-order chi connectivity index (χ1) is 13.4. The minimum absolute atomic E-state index is 0.132. The van der Waals surface area contributed by atoms with Gasteiger partial charge in [0.05, 0.1) is 35.5 Å². The van der Waals surface area contributed by atoms with Crippen LogP contribution in [-0.2, 0) is 10.0 Å². The van der Waals surface area contributed by atoms with Gasteiger partial charge in [-0.05, 0) is 67.1 Å². The van der Waals surface area contributed by atoms with Crippen LogP contribution in [0.25, 0.3) is 0 Å². The largest absolute Gasteiger partial charge is 0.496 e. The van der Waals surface area contributed by atoms with Gasteiger partial charge in [0.25, 0.3) is 10.0 Å². The molecule has 142 valence electrons. The molecule has 0 aliphatic rings. The standard InChI is InChI=1S/C20H18N4O3S/c1-14-11-18(8-9-19(14)27-2)28(25,26)24-20-10-7-17(13-22-20)23-16-5-3-15(12-21)4-6-16/h3-11,13,23H,1-2H3,(H,22,24). The van der Waals surface area contributed by atoms with Crippen molar-refractivity contribution in [3.63, 3.8) is 0 Å². The summed E-state index contributed by atoms with van der Waals surface area (Å²) in [6, 6.07) is 16.9. The highest BCUT2D eigenvalue weighted by Gasteiger charge is 2.16. The second-order valence-corrected chi connectivity index (χ2v) is 7.67. The van der Waals surface area contributed by atoms with Gasteiger partial charge in [-0.25, -0.2) is 13.4 Å². The van der Waals surface area contributed by atoms with E-state index in [0.717, 1.165) is 11.3 Å². The van der Waals surface area contributed by atoms with Crippen molar-refractivity contribution >= 4 is 27.2 Å². The lowest BCUT2D eigenvalue weighted by atomic mass is 10.2. The number of hydrogen-bond donors (Lipinski definition) is 2. The molecule has 2 aromatic carbocycles. The van der Waals surface area contributed by atoms with E-state index in [0.29, 0.717) is 17.0 Å². The Morgan fingerprint density at radius 1 is 1.04 bits per heavy atom. The Morgan fingerprint density at radius 2 is 1.75 bits per heavy atom. The van der Waals surface area contributed by atoms with Crippen LogP contribution < -0.4 is 14.8 Å². The molecule has 0 bridgehead atoms. The van der Waals surface area contributed by atoms with Crippen LogP contribution in [0.2, 0.25) is 0 Å². The predicted molar refractivity (Wildman–Crippen MR) is 107 cm³/mol. The van der Waals surface area contributed by atoms with Crippen molar-refractivity contribution in [3.8, 4) is 11.8 Å². The Labute approximate surface area is 163 Å².